The summed E-state index contributed by atoms with van der Waals surface area (Å²) in [5.74, 6) is 0. The van der Waals surface area contributed by atoms with Crippen LogP contribution in [0.25, 0.3) is 0 Å². The van der Waals surface area contributed by atoms with Gasteiger partial charge < -0.3 is 0 Å². The quantitative estimate of drug-likeness (QED) is 0.386. The van der Waals surface area contributed by atoms with Crippen LogP contribution < -0.4 is 0 Å². The van der Waals surface area contributed by atoms with Crippen LogP contribution in [0.3, 0.4) is 0 Å². The molecule has 0 saturated carbocycles. The molecule has 1 nitrogen and oxygen atoms in total. The third kappa shape index (κ3) is 1.89. The molecular weight excluding hydrogens is 68.1 g/mol. The third-order valence-electron chi connectivity index (χ3n) is 0.0722. The second kappa shape index (κ2) is 2.89. The molecule has 0 saturated heterocycles. The molecule has 20 valence electrons. The summed E-state index contributed by atoms with van der Waals surface area (Å²) in [5.41, 5.74) is 0. The molecule has 0 fully saturated rings. The minimum atomic E-state index is 0.319. The first kappa shape index (κ1) is 3.89. The fourth-order valence-electron chi connectivity index (χ4n) is 0. The van der Waals surface area contributed by atoms with E-state index in [1.807, 2.05) is 0 Å². The van der Waals surface area contributed by atoms with E-state index in [0.717, 1.165) is 0 Å². The van der Waals surface area contributed by atoms with Crippen molar-refractivity contribution in [3.63, 3.8) is 0 Å². The van der Waals surface area contributed by atoms with Gasteiger partial charge in [0.25, 0.3) is 0 Å². The predicted octanol–water partition coefficient (Wildman–Crippen LogP) is -0.317. The molecule has 0 aliphatic carbocycles. The molecule has 0 aliphatic rings. The molecule has 0 aromatic heterocycles. The van der Waals surface area contributed by atoms with E-state index >= 15 is 0 Å². The monoisotopic (exact) mass is 70.0 g/mol. The summed E-state index contributed by atoms with van der Waals surface area (Å²) in [5, 5.41) is 0. The molecule has 0 amide bonds. The van der Waals surface area contributed by atoms with Gasteiger partial charge in [-0.2, -0.15) is 0 Å². The van der Waals surface area contributed by atoms with Crippen molar-refractivity contribution >= 4 is 16.5 Å². The van der Waals surface area contributed by atoms with Gasteiger partial charge in [-0.25, -0.2) is 0 Å². The number of carbonyl (C=O) groups excluding carboxylic acids is 1. The second-order valence-corrected chi connectivity index (χ2v) is 0.675. The topological polar surface area (TPSA) is 17.1 Å². The summed E-state index contributed by atoms with van der Waals surface area (Å²) in [6.45, 7) is 0. The molecular formula is C2H2OSi. The van der Waals surface area contributed by atoms with Crippen molar-refractivity contribution in [1.29, 1.82) is 0 Å². The predicted molar refractivity (Wildman–Crippen MR) is 16.3 cm³/mol. The Hall–Kier alpha value is -0.113. The van der Waals surface area contributed by atoms with E-state index < -0.39 is 0 Å². The summed E-state index contributed by atoms with van der Waals surface area (Å²) >= 11 is 0. The molecule has 0 aromatic carbocycles. The maximum absolute atomic E-state index is 9.00. The highest BCUT2D eigenvalue weighted by Crippen LogP contribution is 1.46. The fraction of sp³-hybridized carbons (Fsp3) is 0.500. The van der Waals surface area contributed by atoms with Crippen molar-refractivity contribution in [2.75, 3.05) is 0 Å². The van der Waals surface area contributed by atoms with Gasteiger partial charge >= 0.3 is 0 Å². The zero-order valence-corrected chi connectivity index (χ0v) is 3.12. The molecule has 0 aliphatic heterocycles. The van der Waals surface area contributed by atoms with Crippen molar-refractivity contribution in [2.45, 2.75) is 6.04 Å². The average Bonchev–Trinajstić information content (AvgIpc) is 1.37. The summed E-state index contributed by atoms with van der Waals surface area (Å²) < 4.78 is 0. The van der Waals surface area contributed by atoms with Gasteiger partial charge in [0.15, 0.2) is 6.29 Å². The maximum Gasteiger partial charge on any atom is 0.194 e. The van der Waals surface area contributed by atoms with E-state index in [1.54, 1.807) is 6.29 Å². The van der Waals surface area contributed by atoms with E-state index in [1.165, 1.54) is 0 Å². The molecule has 2 heteroatoms. The molecule has 0 bridgehead atoms. The van der Waals surface area contributed by atoms with Crippen molar-refractivity contribution in [3.8, 4) is 0 Å². The molecule has 0 unspecified atom stereocenters. The van der Waals surface area contributed by atoms with Crippen LogP contribution in [-0.2, 0) is 4.79 Å². The van der Waals surface area contributed by atoms with Gasteiger partial charge in [-0.3, -0.25) is 4.79 Å². The molecule has 0 aromatic rings. The maximum atomic E-state index is 9.00. The highest BCUT2D eigenvalue weighted by Gasteiger charge is 1.56. The largest absolute Gasteiger partial charge is 0.291 e. The smallest absolute Gasteiger partial charge is 0.194 e. The Morgan fingerprint density at radius 3 is 2.25 bits per heavy atom. The van der Waals surface area contributed by atoms with E-state index in [0.29, 0.717) is 6.04 Å². The summed E-state index contributed by atoms with van der Waals surface area (Å²) in [4.78, 5) is 9.00. The molecule has 4 heavy (non-hydrogen) atoms. The van der Waals surface area contributed by atoms with Gasteiger partial charge in [0.2, 0.25) is 0 Å². The van der Waals surface area contributed by atoms with Crippen molar-refractivity contribution in [2.24, 2.45) is 0 Å². The minimum absolute atomic E-state index is 0.319. The van der Waals surface area contributed by atoms with E-state index in [2.05, 4.69) is 10.2 Å². The van der Waals surface area contributed by atoms with E-state index in [4.69, 9.17) is 4.79 Å². The molecule has 0 N–H and O–H groups in total. The molecule has 0 heterocycles. The minimum Gasteiger partial charge on any atom is -0.291 e. The second-order valence-electron chi connectivity index (χ2n) is 0.321. The Labute approximate surface area is 28.4 Å². The molecule has 0 rings (SSSR count). The first-order valence-corrected chi connectivity index (χ1v) is 1.62. The number of hydrogen-bond donors (Lipinski definition) is 0. The van der Waals surface area contributed by atoms with Crippen molar-refractivity contribution in [1.82, 2.24) is 0 Å². The first-order chi connectivity index (χ1) is 1.91. The van der Waals surface area contributed by atoms with Gasteiger partial charge in [-0.05, 0) is 0 Å². The van der Waals surface area contributed by atoms with Crippen LogP contribution >= 0.6 is 0 Å². The Morgan fingerprint density at radius 1 is 2.00 bits per heavy atom. The van der Waals surface area contributed by atoms with Crippen molar-refractivity contribution < 1.29 is 4.79 Å². The van der Waals surface area contributed by atoms with Gasteiger partial charge in [0, 0.05) is 16.3 Å². The van der Waals surface area contributed by atoms with Crippen LogP contribution in [0.2, 0.25) is 6.04 Å². The van der Waals surface area contributed by atoms with Crippen LogP contribution in [0.1, 0.15) is 0 Å². The van der Waals surface area contributed by atoms with Gasteiger partial charge in [0.05, 0.1) is 0 Å². The fourth-order valence-corrected chi connectivity index (χ4v) is 0. The zero-order valence-electron chi connectivity index (χ0n) is 2.12. The highest BCUT2D eigenvalue weighted by atomic mass is 28.1. The van der Waals surface area contributed by atoms with Gasteiger partial charge in [-0.15, -0.1) is 0 Å². The van der Waals surface area contributed by atoms with E-state index in [9.17, 15) is 0 Å². The molecule has 4 radical (unpaired) electrons. The SMILES string of the molecule is O=[C]C[Si]. The Bertz CT molecular complexity index is 20.0. The average molecular weight is 70.1 g/mol. The lowest BCUT2D eigenvalue weighted by Crippen LogP contribution is -1.61. The lowest BCUT2D eigenvalue weighted by molar-refractivity contribution is 0.560. The third-order valence-corrected chi connectivity index (χ3v) is 0.217. The lowest BCUT2D eigenvalue weighted by atomic mass is 10.9. The lowest BCUT2D eigenvalue weighted by Gasteiger charge is -1.47. The molecule has 0 atom stereocenters. The summed E-state index contributed by atoms with van der Waals surface area (Å²) in [6, 6.07) is 0.319. The van der Waals surface area contributed by atoms with E-state index in [-0.39, 0.29) is 0 Å². The number of hydrogen-bond acceptors (Lipinski definition) is 1. The Kier molecular flexibility index (Phi) is 2.81. The Morgan fingerprint density at radius 2 is 2.25 bits per heavy atom. The summed E-state index contributed by atoms with van der Waals surface area (Å²) in [7, 11) is 2.86. The van der Waals surface area contributed by atoms with Crippen LogP contribution in [0.15, 0.2) is 0 Å². The van der Waals surface area contributed by atoms with Crippen LogP contribution in [-0.4, -0.2) is 16.5 Å². The highest BCUT2D eigenvalue weighted by molar-refractivity contribution is 6.15. The van der Waals surface area contributed by atoms with Crippen molar-refractivity contribution in [3.05, 3.63) is 0 Å². The number of rotatable bonds is 1. The zero-order chi connectivity index (χ0) is 3.41. The first-order valence-electron chi connectivity index (χ1n) is 0.911. The van der Waals surface area contributed by atoms with Crippen LogP contribution in [0.4, 0.5) is 0 Å². The van der Waals surface area contributed by atoms with Crippen LogP contribution in [0.5, 0.6) is 0 Å². The van der Waals surface area contributed by atoms with Gasteiger partial charge in [-0.1, -0.05) is 0 Å². The van der Waals surface area contributed by atoms with Crippen LogP contribution in [0, 0.1) is 0 Å². The standard InChI is InChI=1S/C2H2OSi/c3-1-2-4/h2H2. The molecule has 0 spiro atoms. The normalized spacial score (nSPS) is 6.25. The summed E-state index contributed by atoms with van der Waals surface area (Å²) in [6.07, 6.45) is 1.59. The Balaban J connectivity index is 2.30. The van der Waals surface area contributed by atoms with Gasteiger partial charge in [0.1, 0.15) is 0 Å².